The third kappa shape index (κ3) is 4.55. The van der Waals surface area contributed by atoms with Crippen LogP contribution in [0, 0.1) is 0 Å². The first kappa shape index (κ1) is 18.2. The van der Waals surface area contributed by atoms with Gasteiger partial charge in [-0.25, -0.2) is 4.79 Å². The van der Waals surface area contributed by atoms with Crippen molar-refractivity contribution in [3.05, 3.63) is 35.9 Å². The number of nitrogens with zero attached hydrogens (tertiary/aromatic N) is 1. The summed E-state index contributed by atoms with van der Waals surface area (Å²) < 4.78 is 5.57. The quantitative estimate of drug-likeness (QED) is 0.885. The topological polar surface area (TPSA) is 49.8 Å². The fourth-order valence-corrected chi connectivity index (χ4v) is 4.41. The number of aliphatic hydroxyl groups is 1. The molecule has 0 radical (unpaired) electrons. The molecule has 25 heavy (non-hydrogen) atoms. The van der Waals surface area contributed by atoms with E-state index in [9.17, 15) is 9.90 Å². The van der Waals surface area contributed by atoms with E-state index in [4.69, 9.17) is 4.74 Å². The molecular weight excluding hydrogens is 314 g/mol. The van der Waals surface area contributed by atoms with Gasteiger partial charge < -0.3 is 14.7 Å². The van der Waals surface area contributed by atoms with Gasteiger partial charge >= 0.3 is 6.09 Å². The predicted molar refractivity (Wildman–Crippen MR) is 98.4 cm³/mol. The first-order chi connectivity index (χ1) is 11.8. The fraction of sp³-hybridized carbons (Fsp3) is 0.667. The molecule has 0 aliphatic carbocycles. The van der Waals surface area contributed by atoms with Crippen molar-refractivity contribution in [1.82, 2.24) is 4.90 Å². The van der Waals surface area contributed by atoms with Crippen molar-refractivity contribution < 1.29 is 14.6 Å². The van der Waals surface area contributed by atoms with Gasteiger partial charge in [0.1, 0.15) is 5.60 Å². The molecule has 4 heteroatoms. The Labute approximate surface area is 151 Å². The predicted octanol–water partition coefficient (Wildman–Crippen LogP) is 4.30. The zero-order valence-corrected chi connectivity index (χ0v) is 15.7. The van der Waals surface area contributed by atoms with Crippen LogP contribution in [0.1, 0.15) is 64.9 Å². The number of ether oxygens (including phenoxy) is 1. The molecule has 2 heterocycles. The molecule has 2 atom stereocenters. The van der Waals surface area contributed by atoms with E-state index in [1.165, 1.54) is 5.56 Å². The van der Waals surface area contributed by atoms with E-state index in [0.29, 0.717) is 12.8 Å². The minimum atomic E-state index is -0.640. The van der Waals surface area contributed by atoms with E-state index < -0.39 is 11.2 Å². The molecule has 0 aromatic heterocycles. The van der Waals surface area contributed by atoms with Crippen LogP contribution in [0.15, 0.2) is 30.3 Å². The highest BCUT2D eigenvalue weighted by atomic mass is 16.6. The average molecular weight is 345 g/mol. The van der Waals surface area contributed by atoms with Crippen LogP contribution in [0.4, 0.5) is 4.79 Å². The summed E-state index contributed by atoms with van der Waals surface area (Å²) in [6.45, 7) is 5.70. The second-order valence-corrected chi connectivity index (χ2v) is 8.74. The van der Waals surface area contributed by atoms with Crippen LogP contribution >= 0.6 is 0 Å². The largest absolute Gasteiger partial charge is 0.444 e. The number of aryl methyl sites for hydroxylation is 1. The average Bonchev–Trinajstić information content (AvgIpc) is 2.80. The van der Waals surface area contributed by atoms with Crippen LogP contribution in [-0.4, -0.2) is 39.4 Å². The molecule has 2 unspecified atom stereocenters. The molecule has 0 spiro atoms. The lowest BCUT2D eigenvalue weighted by Gasteiger charge is -2.44. The number of hydrogen-bond acceptors (Lipinski definition) is 3. The number of carbonyl (C=O) groups excluding carboxylic acids is 1. The number of hydrogen-bond donors (Lipinski definition) is 1. The Bertz CT molecular complexity index is 579. The summed E-state index contributed by atoms with van der Waals surface area (Å²) in [5.74, 6) is 0. The Balaban J connectivity index is 1.56. The maximum Gasteiger partial charge on any atom is 0.410 e. The lowest BCUT2D eigenvalue weighted by molar-refractivity contribution is -0.0632. The monoisotopic (exact) mass is 345 g/mol. The van der Waals surface area contributed by atoms with Crippen molar-refractivity contribution >= 4 is 6.09 Å². The van der Waals surface area contributed by atoms with E-state index in [1.54, 1.807) is 0 Å². The van der Waals surface area contributed by atoms with Gasteiger partial charge in [0.15, 0.2) is 0 Å². The van der Waals surface area contributed by atoms with E-state index in [-0.39, 0.29) is 18.2 Å². The molecule has 0 saturated carbocycles. The summed E-state index contributed by atoms with van der Waals surface area (Å²) in [7, 11) is 0. The highest BCUT2D eigenvalue weighted by Crippen LogP contribution is 2.43. The Morgan fingerprint density at radius 2 is 1.80 bits per heavy atom. The van der Waals surface area contributed by atoms with Gasteiger partial charge in [0.05, 0.1) is 5.60 Å². The number of carbonyl (C=O) groups is 1. The summed E-state index contributed by atoms with van der Waals surface area (Å²) in [6.07, 6.45) is 5.87. The normalized spacial score (nSPS) is 28.9. The second-order valence-electron chi connectivity index (χ2n) is 8.74. The molecule has 3 rings (SSSR count). The van der Waals surface area contributed by atoms with E-state index in [2.05, 4.69) is 24.3 Å². The number of fused-ring (bicyclic) bond motifs is 2. The molecule has 1 amide bonds. The Hall–Kier alpha value is -1.55. The number of amides is 1. The molecule has 2 aliphatic rings. The SMILES string of the molecule is CC(C)(C)OC(=O)N1C2CCC1CC(O)(CCCc1ccccc1)C2. The summed E-state index contributed by atoms with van der Waals surface area (Å²) in [5, 5.41) is 11.1. The Kier molecular flexibility index (Phi) is 5.10. The van der Waals surface area contributed by atoms with Crippen molar-refractivity contribution in [2.24, 2.45) is 0 Å². The third-order valence-corrected chi connectivity index (χ3v) is 5.41. The molecule has 2 fully saturated rings. The minimum Gasteiger partial charge on any atom is -0.444 e. The summed E-state index contributed by atoms with van der Waals surface area (Å²) >= 11 is 0. The lowest BCUT2D eigenvalue weighted by atomic mass is 9.82. The molecule has 2 saturated heterocycles. The summed E-state index contributed by atoms with van der Waals surface area (Å²) in [5.41, 5.74) is 0.208. The fourth-order valence-electron chi connectivity index (χ4n) is 4.41. The van der Waals surface area contributed by atoms with Gasteiger partial charge in [0.25, 0.3) is 0 Å². The zero-order chi connectivity index (χ0) is 18.1. The van der Waals surface area contributed by atoms with Crippen LogP contribution in [0.25, 0.3) is 0 Å². The third-order valence-electron chi connectivity index (χ3n) is 5.41. The van der Waals surface area contributed by atoms with E-state index >= 15 is 0 Å². The van der Waals surface area contributed by atoms with E-state index in [1.807, 2.05) is 31.7 Å². The number of rotatable bonds is 4. The molecule has 2 bridgehead atoms. The Morgan fingerprint density at radius 1 is 1.20 bits per heavy atom. The van der Waals surface area contributed by atoms with Crippen molar-refractivity contribution in [3.63, 3.8) is 0 Å². The van der Waals surface area contributed by atoms with Crippen LogP contribution in [0.2, 0.25) is 0 Å². The van der Waals surface area contributed by atoms with Gasteiger partial charge in [-0.1, -0.05) is 30.3 Å². The maximum absolute atomic E-state index is 12.5. The van der Waals surface area contributed by atoms with Crippen LogP contribution in [-0.2, 0) is 11.2 Å². The van der Waals surface area contributed by atoms with Gasteiger partial charge in [0.2, 0.25) is 0 Å². The first-order valence-electron chi connectivity index (χ1n) is 9.53. The lowest BCUT2D eigenvalue weighted by Crippen LogP contribution is -2.54. The van der Waals surface area contributed by atoms with Crippen molar-refractivity contribution in [2.75, 3.05) is 0 Å². The molecular formula is C21H31NO3. The van der Waals surface area contributed by atoms with Gasteiger partial charge in [0, 0.05) is 12.1 Å². The summed E-state index contributed by atoms with van der Waals surface area (Å²) in [6, 6.07) is 10.7. The van der Waals surface area contributed by atoms with Gasteiger partial charge in [-0.15, -0.1) is 0 Å². The van der Waals surface area contributed by atoms with Crippen molar-refractivity contribution in [1.29, 1.82) is 0 Å². The Morgan fingerprint density at radius 3 is 2.36 bits per heavy atom. The summed E-state index contributed by atoms with van der Waals surface area (Å²) in [4.78, 5) is 14.4. The molecule has 2 aliphatic heterocycles. The van der Waals surface area contributed by atoms with E-state index in [0.717, 1.165) is 32.1 Å². The minimum absolute atomic E-state index is 0.121. The highest BCUT2D eigenvalue weighted by Gasteiger charge is 2.49. The first-order valence-corrected chi connectivity index (χ1v) is 9.53. The maximum atomic E-state index is 12.5. The van der Waals surface area contributed by atoms with Crippen LogP contribution in [0.3, 0.4) is 0 Å². The molecule has 4 nitrogen and oxygen atoms in total. The van der Waals surface area contributed by atoms with Crippen molar-refractivity contribution in [2.45, 2.75) is 89.0 Å². The van der Waals surface area contributed by atoms with Crippen LogP contribution in [0.5, 0.6) is 0 Å². The molecule has 1 N–H and O–H groups in total. The molecule has 138 valence electrons. The molecule has 1 aromatic rings. The second kappa shape index (κ2) is 6.99. The zero-order valence-electron chi connectivity index (χ0n) is 15.7. The van der Waals surface area contributed by atoms with Crippen molar-refractivity contribution in [3.8, 4) is 0 Å². The highest BCUT2D eigenvalue weighted by molar-refractivity contribution is 5.69. The standard InChI is InChI=1S/C21H31NO3/c1-20(2,3)25-19(23)22-17-11-12-18(22)15-21(24,14-17)13-7-10-16-8-5-4-6-9-16/h4-6,8-9,17-18,24H,7,10-15H2,1-3H3. The smallest absolute Gasteiger partial charge is 0.410 e. The number of piperidine rings is 1. The number of benzene rings is 1. The molecule has 1 aromatic carbocycles. The van der Waals surface area contributed by atoms with Gasteiger partial charge in [-0.2, -0.15) is 0 Å². The van der Waals surface area contributed by atoms with Crippen LogP contribution < -0.4 is 0 Å². The van der Waals surface area contributed by atoms with Gasteiger partial charge in [-0.05, 0) is 71.3 Å². The van der Waals surface area contributed by atoms with Gasteiger partial charge in [-0.3, -0.25) is 0 Å².